The van der Waals surface area contributed by atoms with Gasteiger partial charge in [0.2, 0.25) is 12.3 Å². The molecular weight excluding hydrogens is 456 g/mol. The van der Waals surface area contributed by atoms with Crippen LogP contribution >= 0.6 is 0 Å². The van der Waals surface area contributed by atoms with Gasteiger partial charge in [-0.15, -0.1) is 10.2 Å². The molecule has 5 rings (SSSR count). The van der Waals surface area contributed by atoms with Gasteiger partial charge in [0.25, 0.3) is 0 Å². The Balaban J connectivity index is 1.39. The van der Waals surface area contributed by atoms with Crippen molar-refractivity contribution in [3.63, 3.8) is 0 Å². The van der Waals surface area contributed by atoms with Crippen LogP contribution in [0.2, 0.25) is 0 Å². The summed E-state index contributed by atoms with van der Waals surface area (Å²) in [6, 6.07) is 17.3. The smallest absolute Gasteiger partial charge is 0.412 e. The molecule has 1 amide bonds. The predicted molar refractivity (Wildman–Crippen MR) is 134 cm³/mol. The maximum atomic E-state index is 12.6. The van der Waals surface area contributed by atoms with Crippen molar-refractivity contribution in [3.8, 4) is 34.1 Å². The number of hydrogen-bond donors (Lipinski definition) is 1. The van der Waals surface area contributed by atoms with Crippen molar-refractivity contribution in [1.29, 1.82) is 0 Å². The fourth-order valence-corrected chi connectivity index (χ4v) is 4.37. The van der Waals surface area contributed by atoms with E-state index in [4.69, 9.17) is 13.9 Å². The molecule has 1 aliphatic rings. The van der Waals surface area contributed by atoms with E-state index in [2.05, 4.69) is 27.4 Å². The molecule has 4 aromatic rings. The molecule has 2 aromatic carbocycles. The van der Waals surface area contributed by atoms with Gasteiger partial charge in [0.1, 0.15) is 18.1 Å². The summed E-state index contributed by atoms with van der Waals surface area (Å²) < 4.78 is 17.2. The first-order valence-electron chi connectivity index (χ1n) is 12.1. The number of benzene rings is 2. The number of nitrogens with zero attached hydrogens (tertiary/aromatic N) is 3. The molecule has 0 unspecified atom stereocenters. The van der Waals surface area contributed by atoms with Gasteiger partial charge in [0.15, 0.2) is 0 Å². The fourth-order valence-electron chi connectivity index (χ4n) is 4.37. The Labute approximate surface area is 209 Å². The maximum absolute atomic E-state index is 12.6. The SMILES string of the molecule is CC1CCC(NC(=O)Oc2ccc(OCc3ccccc3)c(-c3cncc(-c4nnco4)c3)c2)CC1. The molecule has 1 N–H and O–H groups in total. The van der Waals surface area contributed by atoms with Crippen molar-refractivity contribution >= 4 is 6.09 Å². The molecule has 1 aliphatic carbocycles. The summed E-state index contributed by atoms with van der Waals surface area (Å²) in [6.07, 6.45) is 8.38. The van der Waals surface area contributed by atoms with Crippen LogP contribution in [0.15, 0.2) is 77.8 Å². The molecule has 2 aromatic heterocycles. The summed E-state index contributed by atoms with van der Waals surface area (Å²) in [4.78, 5) is 17.0. The maximum Gasteiger partial charge on any atom is 0.412 e. The first-order valence-corrected chi connectivity index (χ1v) is 12.1. The van der Waals surface area contributed by atoms with Crippen LogP contribution in [0.4, 0.5) is 4.79 Å². The summed E-state index contributed by atoms with van der Waals surface area (Å²) in [7, 11) is 0. The molecule has 0 aliphatic heterocycles. The van der Waals surface area contributed by atoms with Crippen LogP contribution in [0.5, 0.6) is 11.5 Å². The number of carbonyl (C=O) groups is 1. The Hall–Kier alpha value is -4.20. The molecule has 0 bridgehead atoms. The Bertz CT molecular complexity index is 1290. The Morgan fingerprint density at radius 2 is 1.83 bits per heavy atom. The van der Waals surface area contributed by atoms with E-state index >= 15 is 0 Å². The van der Waals surface area contributed by atoms with E-state index in [9.17, 15) is 4.79 Å². The second-order valence-electron chi connectivity index (χ2n) is 9.13. The van der Waals surface area contributed by atoms with Gasteiger partial charge in [-0.1, -0.05) is 37.3 Å². The first kappa shape index (κ1) is 23.5. The van der Waals surface area contributed by atoms with Crippen LogP contribution in [-0.4, -0.2) is 27.3 Å². The van der Waals surface area contributed by atoms with Crippen molar-refractivity contribution in [2.45, 2.75) is 45.3 Å². The molecule has 0 radical (unpaired) electrons. The third kappa shape index (κ3) is 5.89. The van der Waals surface area contributed by atoms with Crippen LogP contribution in [0.25, 0.3) is 22.6 Å². The molecular formula is C28H28N4O4. The number of pyridine rings is 1. The number of amides is 1. The van der Waals surface area contributed by atoms with Crippen molar-refractivity contribution in [2.24, 2.45) is 5.92 Å². The van der Waals surface area contributed by atoms with E-state index in [1.54, 1.807) is 24.5 Å². The number of ether oxygens (including phenoxy) is 2. The minimum Gasteiger partial charge on any atom is -0.488 e. The van der Waals surface area contributed by atoms with E-state index in [1.807, 2.05) is 42.5 Å². The highest BCUT2D eigenvalue weighted by Crippen LogP contribution is 2.35. The lowest BCUT2D eigenvalue weighted by Crippen LogP contribution is -2.39. The lowest BCUT2D eigenvalue weighted by Gasteiger charge is -2.26. The summed E-state index contributed by atoms with van der Waals surface area (Å²) in [5.74, 6) is 2.13. The molecule has 8 heteroatoms. The van der Waals surface area contributed by atoms with Gasteiger partial charge in [0.05, 0.1) is 5.56 Å². The third-order valence-corrected chi connectivity index (χ3v) is 6.39. The predicted octanol–water partition coefficient (Wildman–Crippen LogP) is 6.04. The van der Waals surface area contributed by atoms with Crippen molar-refractivity contribution < 1.29 is 18.7 Å². The van der Waals surface area contributed by atoms with Gasteiger partial charge < -0.3 is 19.2 Å². The molecule has 184 valence electrons. The Morgan fingerprint density at radius 1 is 1.03 bits per heavy atom. The molecule has 36 heavy (non-hydrogen) atoms. The highest BCUT2D eigenvalue weighted by Gasteiger charge is 2.21. The van der Waals surface area contributed by atoms with Gasteiger partial charge >= 0.3 is 6.09 Å². The normalized spacial score (nSPS) is 17.4. The molecule has 0 atom stereocenters. The van der Waals surface area contributed by atoms with Crippen LogP contribution in [0, 0.1) is 5.92 Å². The van der Waals surface area contributed by atoms with E-state index in [-0.39, 0.29) is 6.04 Å². The fraction of sp³-hybridized carbons (Fsp3) is 0.286. The summed E-state index contributed by atoms with van der Waals surface area (Å²) in [5, 5.41) is 10.7. The van der Waals surface area contributed by atoms with Crippen molar-refractivity contribution in [2.75, 3.05) is 0 Å². The van der Waals surface area contributed by atoms with Crippen LogP contribution in [0.1, 0.15) is 38.2 Å². The standard InChI is InChI=1S/C28H28N4O4/c1-19-7-9-23(10-8-19)31-28(33)36-24-11-12-26(34-17-20-5-3-2-4-6-20)25(14-24)21-13-22(16-29-15-21)27-32-30-18-35-27/h2-6,11-16,18-19,23H,7-10,17H2,1H3,(H,31,33). The minimum atomic E-state index is -0.448. The average Bonchev–Trinajstić information content (AvgIpc) is 3.45. The molecule has 1 saturated carbocycles. The lowest BCUT2D eigenvalue weighted by atomic mass is 9.87. The van der Waals surface area contributed by atoms with Crippen molar-refractivity contribution in [1.82, 2.24) is 20.5 Å². The Morgan fingerprint density at radius 3 is 2.61 bits per heavy atom. The highest BCUT2D eigenvalue weighted by molar-refractivity contribution is 5.76. The summed E-state index contributed by atoms with van der Waals surface area (Å²) >= 11 is 0. The van der Waals surface area contributed by atoms with Gasteiger partial charge in [-0.05, 0) is 61.4 Å². The first-order chi connectivity index (χ1) is 17.6. The summed E-state index contributed by atoms with van der Waals surface area (Å²) in [6.45, 7) is 2.64. The highest BCUT2D eigenvalue weighted by atomic mass is 16.6. The quantitative estimate of drug-likeness (QED) is 0.341. The van der Waals surface area contributed by atoms with Crippen molar-refractivity contribution in [3.05, 3.63) is 78.9 Å². The van der Waals surface area contributed by atoms with E-state index in [0.29, 0.717) is 35.5 Å². The van der Waals surface area contributed by atoms with Crippen LogP contribution < -0.4 is 14.8 Å². The largest absolute Gasteiger partial charge is 0.488 e. The van der Waals surface area contributed by atoms with E-state index < -0.39 is 6.09 Å². The lowest BCUT2D eigenvalue weighted by molar-refractivity contribution is 0.189. The number of nitrogens with one attached hydrogen (secondary N) is 1. The van der Waals surface area contributed by atoms with Gasteiger partial charge in [-0.25, -0.2) is 4.79 Å². The molecule has 1 fully saturated rings. The third-order valence-electron chi connectivity index (χ3n) is 6.39. The molecule has 0 spiro atoms. The number of aromatic nitrogens is 3. The molecule has 0 saturated heterocycles. The van der Waals surface area contributed by atoms with Crippen LogP contribution in [-0.2, 0) is 6.61 Å². The number of carbonyl (C=O) groups excluding carboxylic acids is 1. The zero-order valence-corrected chi connectivity index (χ0v) is 20.1. The Kier molecular flexibility index (Phi) is 7.21. The van der Waals surface area contributed by atoms with Gasteiger partial charge in [-0.3, -0.25) is 4.98 Å². The minimum absolute atomic E-state index is 0.150. The zero-order chi connectivity index (χ0) is 24.7. The average molecular weight is 485 g/mol. The van der Waals surface area contributed by atoms with E-state index in [0.717, 1.165) is 42.4 Å². The molecule has 8 nitrogen and oxygen atoms in total. The number of hydrogen-bond acceptors (Lipinski definition) is 7. The second kappa shape index (κ2) is 11.0. The second-order valence-corrected chi connectivity index (χ2v) is 9.13. The van der Waals surface area contributed by atoms with E-state index in [1.165, 1.54) is 6.39 Å². The molecule has 2 heterocycles. The van der Waals surface area contributed by atoms with Gasteiger partial charge in [0, 0.05) is 29.6 Å². The topological polar surface area (TPSA) is 99.4 Å². The van der Waals surface area contributed by atoms with Gasteiger partial charge in [-0.2, -0.15) is 0 Å². The van der Waals surface area contributed by atoms with Crippen LogP contribution in [0.3, 0.4) is 0 Å². The number of rotatable bonds is 7. The zero-order valence-electron chi connectivity index (χ0n) is 20.1. The monoisotopic (exact) mass is 484 g/mol. The summed E-state index contributed by atoms with van der Waals surface area (Å²) in [5.41, 5.74) is 3.22.